The average molecular weight is 226 g/mol. The highest BCUT2D eigenvalue weighted by atomic mass is 32.2. The lowest BCUT2D eigenvalue weighted by molar-refractivity contribution is -0.143. The van der Waals surface area contributed by atoms with E-state index in [1.165, 1.54) is 0 Å². The molecule has 0 saturated heterocycles. The Bertz CT molecular complexity index is 145. The predicted octanol–water partition coefficient (Wildman–Crippen LogP) is 1.52. The van der Waals surface area contributed by atoms with E-state index in [2.05, 4.69) is 25.3 Å². The van der Waals surface area contributed by atoms with Crippen LogP contribution in [0, 0.1) is 0 Å². The smallest absolute Gasteiger partial charge is 0.303 e. The van der Waals surface area contributed by atoms with Gasteiger partial charge in [0.25, 0.3) is 0 Å². The molecule has 4 nitrogen and oxygen atoms in total. The van der Waals surface area contributed by atoms with Crippen LogP contribution in [0.1, 0.15) is 26.2 Å². The van der Waals surface area contributed by atoms with Crippen LogP contribution < -0.4 is 0 Å². The molecule has 0 heterocycles. The number of carboxylic acid groups (broad SMARTS) is 2. The largest absolute Gasteiger partial charge is 0.481 e. The summed E-state index contributed by atoms with van der Waals surface area (Å²) in [5.74, 6) is -2.15. The molecule has 0 aromatic carbocycles. The molecule has 6 heteroatoms. The van der Waals surface area contributed by atoms with Gasteiger partial charge in [0.2, 0.25) is 0 Å². The summed E-state index contributed by atoms with van der Waals surface area (Å²) in [6, 6.07) is 0. The van der Waals surface area contributed by atoms with Crippen molar-refractivity contribution in [2.75, 3.05) is 0 Å². The second kappa shape index (κ2) is 9.73. The van der Waals surface area contributed by atoms with Crippen molar-refractivity contribution in [3.05, 3.63) is 0 Å². The Hall–Kier alpha value is -0.360. The van der Waals surface area contributed by atoms with E-state index in [-0.39, 0.29) is 17.4 Å². The Morgan fingerprint density at radius 3 is 1.46 bits per heavy atom. The van der Waals surface area contributed by atoms with Crippen molar-refractivity contribution in [2.45, 2.75) is 30.8 Å². The molecule has 0 aliphatic rings. The molecule has 0 aliphatic heterocycles. The topological polar surface area (TPSA) is 74.6 Å². The van der Waals surface area contributed by atoms with E-state index in [4.69, 9.17) is 10.2 Å². The van der Waals surface area contributed by atoms with Crippen LogP contribution in [0.2, 0.25) is 0 Å². The number of carboxylic acids is 2. The van der Waals surface area contributed by atoms with Gasteiger partial charge in [0.1, 0.15) is 0 Å². The van der Waals surface area contributed by atoms with Crippen LogP contribution in [0.25, 0.3) is 0 Å². The second-order valence-electron chi connectivity index (χ2n) is 2.18. The third-order valence-corrected chi connectivity index (χ3v) is 1.65. The first-order chi connectivity index (χ1) is 5.90. The second-order valence-corrected chi connectivity index (χ2v) is 3.83. The normalized spacial score (nSPS) is 8.92. The van der Waals surface area contributed by atoms with Crippen LogP contribution in [0.5, 0.6) is 0 Å². The van der Waals surface area contributed by atoms with Gasteiger partial charge in [0.15, 0.2) is 0 Å². The number of hydrogen-bond acceptors (Lipinski definition) is 4. The minimum atomic E-state index is -1.08. The van der Waals surface area contributed by atoms with Gasteiger partial charge in [-0.05, 0) is 6.42 Å². The third kappa shape index (κ3) is 24.5. The minimum Gasteiger partial charge on any atom is -0.481 e. The van der Waals surface area contributed by atoms with Crippen molar-refractivity contribution in [3.8, 4) is 0 Å². The molecule has 0 atom stereocenters. The lowest BCUT2D eigenvalue weighted by atomic mass is 10.3. The van der Waals surface area contributed by atoms with Crippen LogP contribution in [-0.2, 0) is 9.59 Å². The molecule has 0 aromatic rings. The molecule has 13 heavy (non-hydrogen) atoms. The fourth-order valence-electron chi connectivity index (χ4n) is 0.214. The molecule has 0 aromatic heterocycles. The number of rotatable bonds is 4. The summed E-state index contributed by atoms with van der Waals surface area (Å²) in [4.78, 5) is 19.3. The standard InChI is InChI=1S/C4H6O4.C3H8S2/c5-3(6)1-2-4(7)8;1-2-3(4)5/h1-2H2,(H,5,6)(H,7,8);3-5H,2H2,1H3. The van der Waals surface area contributed by atoms with Crippen molar-refractivity contribution >= 4 is 37.2 Å². The maximum Gasteiger partial charge on any atom is 0.303 e. The molecule has 0 saturated carbocycles. The molecule has 0 amide bonds. The van der Waals surface area contributed by atoms with Crippen molar-refractivity contribution in [1.82, 2.24) is 0 Å². The van der Waals surface area contributed by atoms with Crippen LogP contribution in [-0.4, -0.2) is 26.7 Å². The molecule has 0 spiro atoms. The van der Waals surface area contributed by atoms with Crippen molar-refractivity contribution in [1.29, 1.82) is 0 Å². The molecular formula is C7H14O4S2. The lowest BCUT2D eigenvalue weighted by Gasteiger charge is -1.89. The fourth-order valence-corrected chi connectivity index (χ4v) is 0.214. The van der Waals surface area contributed by atoms with Gasteiger partial charge in [-0.1, -0.05) is 6.92 Å². The summed E-state index contributed by atoms with van der Waals surface area (Å²) < 4.78 is 0.273. The van der Waals surface area contributed by atoms with Gasteiger partial charge < -0.3 is 10.2 Å². The van der Waals surface area contributed by atoms with Gasteiger partial charge in [-0.15, -0.1) is 0 Å². The minimum absolute atomic E-state index is 0.273. The summed E-state index contributed by atoms with van der Waals surface area (Å²) in [5, 5.41) is 15.8. The van der Waals surface area contributed by atoms with Gasteiger partial charge in [-0.3, -0.25) is 9.59 Å². The van der Waals surface area contributed by atoms with Gasteiger partial charge in [-0.25, -0.2) is 0 Å². The monoisotopic (exact) mass is 226 g/mol. The Morgan fingerprint density at radius 2 is 1.38 bits per heavy atom. The summed E-state index contributed by atoms with van der Waals surface area (Å²) in [5.41, 5.74) is 0. The van der Waals surface area contributed by atoms with Gasteiger partial charge in [0, 0.05) is 4.58 Å². The predicted molar refractivity (Wildman–Crippen MR) is 56.6 cm³/mol. The summed E-state index contributed by atoms with van der Waals surface area (Å²) in [6.07, 6.45) is 0.441. The Labute approximate surface area is 88.2 Å². The molecule has 0 fully saturated rings. The Balaban J connectivity index is 0. The van der Waals surface area contributed by atoms with Gasteiger partial charge >= 0.3 is 11.9 Å². The number of thiol groups is 2. The van der Waals surface area contributed by atoms with E-state index in [1.54, 1.807) is 0 Å². The van der Waals surface area contributed by atoms with Gasteiger partial charge in [-0.2, -0.15) is 25.3 Å². The van der Waals surface area contributed by atoms with Crippen LogP contribution in [0.15, 0.2) is 0 Å². The fraction of sp³-hybridized carbons (Fsp3) is 0.714. The van der Waals surface area contributed by atoms with Crippen LogP contribution >= 0.6 is 25.3 Å². The maximum absolute atomic E-state index is 9.64. The van der Waals surface area contributed by atoms with Crippen LogP contribution in [0.3, 0.4) is 0 Å². The molecule has 0 radical (unpaired) electrons. The molecule has 0 rings (SSSR count). The summed E-state index contributed by atoms with van der Waals surface area (Å²) in [6.45, 7) is 2.05. The summed E-state index contributed by atoms with van der Waals surface area (Å²) in [7, 11) is 0. The van der Waals surface area contributed by atoms with E-state index in [1.807, 2.05) is 6.92 Å². The van der Waals surface area contributed by atoms with E-state index >= 15 is 0 Å². The van der Waals surface area contributed by atoms with E-state index in [0.29, 0.717) is 0 Å². The number of carbonyl (C=O) groups is 2. The summed E-state index contributed by atoms with van der Waals surface area (Å²) >= 11 is 7.92. The zero-order chi connectivity index (χ0) is 10.9. The zero-order valence-electron chi connectivity index (χ0n) is 7.30. The average Bonchev–Trinajstić information content (AvgIpc) is 2.02. The molecule has 0 bridgehead atoms. The van der Waals surface area contributed by atoms with Crippen LogP contribution in [0.4, 0.5) is 0 Å². The number of hydrogen-bond donors (Lipinski definition) is 4. The maximum atomic E-state index is 9.64. The molecule has 78 valence electrons. The number of aliphatic carboxylic acids is 2. The lowest BCUT2D eigenvalue weighted by Crippen LogP contribution is -2.00. The first kappa shape index (κ1) is 15.1. The highest BCUT2D eigenvalue weighted by Gasteiger charge is 2.00. The molecule has 2 N–H and O–H groups in total. The third-order valence-electron chi connectivity index (χ3n) is 0.918. The SMILES string of the molecule is CCC(S)S.O=C(O)CCC(=O)O. The van der Waals surface area contributed by atoms with E-state index in [0.717, 1.165) is 6.42 Å². The van der Waals surface area contributed by atoms with Crippen molar-refractivity contribution in [3.63, 3.8) is 0 Å². The highest BCUT2D eigenvalue weighted by molar-refractivity contribution is 7.99. The Kier molecular flexibility index (Phi) is 11.3. The first-order valence-electron chi connectivity index (χ1n) is 3.69. The van der Waals surface area contributed by atoms with Crippen molar-refractivity contribution in [2.24, 2.45) is 0 Å². The van der Waals surface area contributed by atoms with E-state index in [9.17, 15) is 9.59 Å². The van der Waals surface area contributed by atoms with E-state index < -0.39 is 11.9 Å². The molecular weight excluding hydrogens is 212 g/mol. The Morgan fingerprint density at radius 1 is 1.15 bits per heavy atom. The zero-order valence-corrected chi connectivity index (χ0v) is 9.09. The van der Waals surface area contributed by atoms with Gasteiger partial charge in [0.05, 0.1) is 12.8 Å². The highest BCUT2D eigenvalue weighted by Crippen LogP contribution is 2.01. The quantitative estimate of drug-likeness (QED) is 0.433. The molecule has 0 unspecified atom stereocenters. The molecule has 0 aliphatic carbocycles. The van der Waals surface area contributed by atoms with Crippen molar-refractivity contribution < 1.29 is 19.8 Å². The first-order valence-corrected chi connectivity index (χ1v) is 4.73.